The molecule has 45 heavy (non-hydrogen) atoms. The van der Waals surface area contributed by atoms with Crippen molar-refractivity contribution < 1.29 is 22.3 Å². The predicted molar refractivity (Wildman–Crippen MR) is 158 cm³/mol. The second-order valence-corrected chi connectivity index (χ2v) is 12.0. The van der Waals surface area contributed by atoms with Crippen molar-refractivity contribution in [3.63, 3.8) is 0 Å². The third kappa shape index (κ3) is 7.02. The lowest BCUT2D eigenvalue weighted by atomic mass is 9.95. The highest BCUT2D eigenvalue weighted by Crippen LogP contribution is 2.48. The van der Waals surface area contributed by atoms with Gasteiger partial charge in [0.25, 0.3) is 0 Å². The lowest BCUT2D eigenvalue weighted by molar-refractivity contribution is -0.144. The van der Waals surface area contributed by atoms with Crippen molar-refractivity contribution in [1.29, 1.82) is 5.26 Å². The molecule has 1 saturated carbocycles. The van der Waals surface area contributed by atoms with Gasteiger partial charge in [-0.15, -0.1) is 0 Å². The van der Waals surface area contributed by atoms with Gasteiger partial charge in [0.1, 0.15) is 18.2 Å². The number of aromatic amines is 1. The van der Waals surface area contributed by atoms with Crippen LogP contribution in [0.5, 0.6) is 5.88 Å². The lowest BCUT2D eigenvalue weighted by Crippen LogP contribution is -2.51. The number of rotatable bonds is 9. The summed E-state index contributed by atoms with van der Waals surface area (Å²) >= 11 is 5.84. The molecule has 14 heteroatoms. The maximum atomic E-state index is 14.2. The summed E-state index contributed by atoms with van der Waals surface area (Å²) in [6, 6.07) is 14.2. The number of aromatic nitrogens is 5. The van der Waals surface area contributed by atoms with Crippen molar-refractivity contribution in [2.45, 2.75) is 51.6 Å². The van der Waals surface area contributed by atoms with Gasteiger partial charge >= 0.3 is 6.18 Å². The molecule has 0 spiro atoms. The number of ether oxygens (including phenoxy) is 1. The Morgan fingerprint density at radius 2 is 1.96 bits per heavy atom. The fraction of sp³-hybridized carbons (Fsp3) is 0.387. The van der Waals surface area contributed by atoms with Crippen molar-refractivity contribution in [2.24, 2.45) is 5.41 Å². The molecule has 234 valence electrons. The molecule has 1 saturated heterocycles. The minimum Gasteiger partial charge on any atom is -0.473 e. The van der Waals surface area contributed by atoms with Crippen LogP contribution >= 0.6 is 11.6 Å². The molecule has 2 aliphatic rings. The van der Waals surface area contributed by atoms with Crippen LogP contribution in [-0.4, -0.2) is 55.7 Å². The summed E-state index contributed by atoms with van der Waals surface area (Å²) in [7, 11) is 0. The standard InChI is InChI=1S/C31H29ClF4N8O/c1-19-15-44(26-3-2-4-27(39-26)45-17-20-5-6-23(32)12-24(20)33)10-9-43(19)16-25-21(13-30(18-37)7-8-30)11-22(14-38-25)28-40-29(42-41-28)31(34,35)36/h2-6,11-12,14,19H,7-10,13,15-17H2,1H3,(H,40,41,42)/t19-/m1/s1. The van der Waals surface area contributed by atoms with Crippen LogP contribution in [0.4, 0.5) is 23.4 Å². The zero-order valence-corrected chi connectivity index (χ0v) is 25.0. The van der Waals surface area contributed by atoms with Crippen LogP contribution in [0.1, 0.15) is 42.4 Å². The van der Waals surface area contributed by atoms with Gasteiger partial charge in [-0.1, -0.05) is 23.7 Å². The first-order valence-corrected chi connectivity index (χ1v) is 14.8. The van der Waals surface area contributed by atoms with Gasteiger partial charge in [0.2, 0.25) is 11.7 Å². The van der Waals surface area contributed by atoms with E-state index in [-0.39, 0.29) is 18.5 Å². The van der Waals surface area contributed by atoms with E-state index in [9.17, 15) is 22.8 Å². The molecule has 0 bridgehead atoms. The summed E-state index contributed by atoms with van der Waals surface area (Å²) in [4.78, 5) is 17.3. The average molecular weight is 641 g/mol. The number of alkyl halides is 3. The normalized spacial score (nSPS) is 18.1. The summed E-state index contributed by atoms with van der Waals surface area (Å²) < 4.78 is 59.2. The number of benzene rings is 1. The van der Waals surface area contributed by atoms with Crippen LogP contribution in [0.25, 0.3) is 11.4 Å². The van der Waals surface area contributed by atoms with Crippen LogP contribution in [0, 0.1) is 22.6 Å². The summed E-state index contributed by atoms with van der Waals surface area (Å²) in [5, 5.41) is 15.8. The van der Waals surface area contributed by atoms with Crippen LogP contribution in [0.15, 0.2) is 48.7 Å². The van der Waals surface area contributed by atoms with Crippen molar-refractivity contribution in [3.05, 3.63) is 82.1 Å². The maximum absolute atomic E-state index is 14.2. The molecule has 4 heterocycles. The van der Waals surface area contributed by atoms with Gasteiger partial charge in [0.15, 0.2) is 5.82 Å². The van der Waals surface area contributed by atoms with E-state index in [2.05, 4.69) is 42.8 Å². The molecule has 4 aromatic rings. The fourth-order valence-corrected chi connectivity index (χ4v) is 5.56. The van der Waals surface area contributed by atoms with Crippen molar-refractivity contribution >= 4 is 17.4 Å². The third-order valence-corrected chi connectivity index (χ3v) is 8.47. The van der Waals surface area contributed by atoms with E-state index >= 15 is 0 Å². The summed E-state index contributed by atoms with van der Waals surface area (Å²) in [5.74, 6) is -0.584. The van der Waals surface area contributed by atoms with Crippen molar-refractivity contribution in [2.75, 3.05) is 24.5 Å². The minimum absolute atomic E-state index is 0.0184. The lowest BCUT2D eigenvalue weighted by Gasteiger charge is -2.40. The first kappa shape index (κ1) is 30.7. The number of nitrogens with one attached hydrogen (secondary N) is 1. The first-order chi connectivity index (χ1) is 21.5. The SMILES string of the molecule is C[C@@H]1CN(c2cccc(OCc3ccc(Cl)cc3F)n2)CCN1Cc1ncc(-c2n[nH]c(C(F)(F)F)n2)cc1CC1(C#N)CC1. The molecule has 9 nitrogen and oxygen atoms in total. The maximum Gasteiger partial charge on any atom is 0.451 e. The molecule has 1 atom stereocenters. The molecular weight excluding hydrogens is 612 g/mol. The van der Waals surface area contributed by atoms with Crippen molar-refractivity contribution in [1.82, 2.24) is 30.0 Å². The number of nitriles is 1. The Morgan fingerprint density at radius 3 is 2.64 bits per heavy atom. The van der Waals surface area contributed by atoms with E-state index in [0.717, 1.165) is 29.9 Å². The highest BCUT2D eigenvalue weighted by atomic mass is 35.5. The number of piperazine rings is 1. The van der Waals surface area contributed by atoms with Crippen LogP contribution in [0.2, 0.25) is 5.02 Å². The Bertz CT molecular complexity index is 1740. The summed E-state index contributed by atoms with van der Waals surface area (Å²) in [5.41, 5.74) is 1.84. The topological polar surface area (TPSA) is 107 Å². The van der Waals surface area contributed by atoms with Crippen LogP contribution in [0.3, 0.4) is 0 Å². The molecule has 1 aliphatic carbocycles. The molecule has 3 aromatic heterocycles. The van der Waals surface area contributed by atoms with Crippen LogP contribution in [-0.2, 0) is 25.7 Å². The number of nitrogens with zero attached hydrogens (tertiary/aromatic N) is 7. The minimum atomic E-state index is -4.64. The smallest absolute Gasteiger partial charge is 0.451 e. The average Bonchev–Trinajstić information content (AvgIpc) is 3.59. The predicted octanol–water partition coefficient (Wildman–Crippen LogP) is 6.21. The highest BCUT2D eigenvalue weighted by Gasteiger charge is 2.44. The quantitative estimate of drug-likeness (QED) is 0.215. The molecule has 6 rings (SSSR count). The summed E-state index contributed by atoms with van der Waals surface area (Å²) in [6.07, 6.45) is -1.15. The molecule has 1 aliphatic heterocycles. The number of hydrogen-bond acceptors (Lipinski definition) is 8. The van der Waals surface area contributed by atoms with E-state index in [0.29, 0.717) is 54.6 Å². The third-order valence-electron chi connectivity index (χ3n) is 8.23. The van der Waals surface area contributed by atoms with E-state index < -0.39 is 23.2 Å². The second-order valence-electron chi connectivity index (χ2n) is 11.5. The Hall–Kier alpha value is -4.28. The van der Waals surface area contributed by atoms with Gasteiger partial charge in [0.05, 0.1) is 17.2 Å². The van der Waals surface area contributed by atoms with Crippen molar-refractivity contribution in [3.8, 4) is 23.3 Å². The second kappa shape index (κ2) is 12.3. The van der Waals surface area contributed by atoms with Gasteiger partial charge < -0.3 is 9.64 Å². The van der Waals surface area contributed by atoms with Gasteiger partial charge in [-0.2, -0.15) is 28.5 Å². The van der Waals surface area contributed by atoms with Crippen LogP contribution < -0.4 is 9.64 Å². The van der Waals surface area contributed by atoms with Gasteiger partial charge in [0, 0.05) is 60.6 Å². The van der Waals surface area contributed by atoms with E-state index in [1.54, 1.807) is 24.3 Å². The fourth-order valence-electron chi connectivity index (χ4n) is 5.40. The number of anilines is 1. The number of pyridine rings is 2. The summed E-state index contributed by atoms with van der Waals surface area (Å²) in [6.45, 7) is 4.69. The Balaban J connectivity index is 1.14. The number of hydrogen-bond donors (Lipinski definition) is 1. The molecule has 1 N–H and O–H groups in total. The molecule has 2 fully saturated rings. The van der Waals surface area contributed by atoms with Gasteiger partial charge in [-0.05, 0) is 56.0 Å². The van der Waals surface area contributed by atoms with E-state index in [1.165, 1.54) is 12.3 Å². The zero-order valence-electron chi connectivity index (χ0n) is 24.3. The zero-order chi connectivity index (χ0) is 31.8. The molecular formula is C31H29ClF4N8O. The first-order valence-electron chi connectivity index (χ1n) is 14.4. The monoisotopic (exact) mass is 640 g/mol. The highest BCUT2D eigenvalue weighted by molar-refractivity contribution is 6.30. The van der Waals surface area contributed by atoms with E-state index in [4.69, 9.17) is 16.3 Å². The van der Waals surface area contributed by atoms with E-state index in [1.807, 2.05) is 17.2 Å². The number of H-pyrrole nitrogens is 1. The molecule has 0 unspecified atom stereocenters. The Labute approximate surface area is 261 Å². The van der Waals surface area contributed by atoms with Gasteiger partial charge in [-0.25, -0.2) is 9.37 Å². The van der Waals surface area contributed by atoms with Gasteiger partial charge in [-0.3, -0.25) is 15.0 Å². The molecule has 1 aromatic carbocycles. The molecule has 0 amide bonds. The molecule has 0 radical (unpaired) electrons. The Morgan fingerprint density at radius 1 is 1.13 bits per heavy atom. The Kier molecular flexibility index (Phi) is 8.37. The largest absolute Gasteiger partial charge is 0.473 e. The number of halogens is 5.